The first-order chi connectivity index (χ1) is 9.09. The Morgan fingerprint density at radius 2 is 2.11 bits per heavy atom. The van der Waals surface area contributed by atoms with Crippen molar-refractivity contribution in [2.75, 3.05) is 5.32 Å². The van der Waals surface area contributed by atoms with Crippen molar-refractivity contribution in [3.05, 3.63) is 59.0 Å². The molecule has 98 valence electrons. The lowest BCUT2D eigenvalue weighted by atomic mass is 10.1. The number of aryl methyl sites for hydroxylation is 1. The molecule has 0 spiro atoms. The number of nitrogens with two attached hydrogens (primary N) is 1. The van der Waals surface area contributed by atoms with Crippen molar-refractivity contribution in [1.82, 2.24) is 4.98 Å². The number of anilines is 1. The summed E-state index contributed by atoms with van der Waals surface area (Å²) >= 11 is 5.02. The smallest absolute Gasteiger partial charge is 0.136 e. The van der Waals surface area contributed by atoms with E-state index in [1.165, 1.54) is 6.07 Å². The van der Waals surface area contributed by atoms with E-state index in [9.17, 15) is 4.39 Å². The number of nitrogens with one attached hydrogen (secondary N) is 1. The molecule has 0 fully saturated rings. The summed E-state index contributed by atoms with van der Waals surface area (Å²) in [5.74, 6) is 0.329. The standard InChI is InChI=1S/C14H14FN3S/c1-9-6-7-17-14(12(9)13(16)19)18-8-10-4-2-3-5-11(10)15/h2-7H,8H2,1H3,(H2,16,19)(H,17,18). The third-order valence-corrected chi connectivity index (χ3v) is 3.01. The highest BCUT2D eigenvalue weighted by atomic mass is 32.1. The number of benzene rings is 1. The molecule has 0 unspecified atom stereocenters. The summed E-state index contributed by atoms with van der Waals surface area (Å²) in [7, 11) is 0. The highest BCUT2D eigenvalue weighted by Crippen LogP contribution is 2.18. The third kappa shape index (κ3) is 3.06. The molecule has 0 saturated heterocycles. The second kappa shape index (κ2) is 5.75. The zero-order valence-corrected chi connectivity index (χ0v) is 11.3. The lowest BCUT2D eigenvalue weighted by molar-refractivity contribution is 0.613. The molecule has 0 aliphatic rings. The van der Waals surface area contributed by atoms with Gasteiger partial charge in [0.15, 0.2) is 0 Å². The molecule has 0 radical (unpaired) electrons. The first-order valence-corrected chi connectivity index (χ1v) is 6.23. The summed E-state index contributed by atoms with van der Waals surface area (Å²) in [5, 5.41) is 3.07. The summed E-state index contributed by atoms with van der Waals surface area (Å²) in [6, 6.07) is 8.43. The van der Waals surface area contributed by atoms with Crippen LogP contribution < -0.4 is 11.1 Å². The van der Waals surface area contributed by atoms with Gasteiger partial charge in [-0.3, -0.25) is 0 Å². The molecule has 3 nitrogen and oxygen atoms in total. The van der Waals surface area contributed by atoms with Crippen molar-refractivity contribution < 1.29 is 4.39 Å². The van der Waals surface area contributed by atoms with E-state index in [4.69, 9.17) is 18.0 Å². The van der Waals surface area contributed by atoms with E-state index in [-0.39, 0.29) is 10.8 Å². The average molecular weight is 275 g/mol. The minimum absolute atomic E-state index is 0.250. The molecular weight excluding hydrogens is 261 g/mol. The fourth-order valence-electron chi connectivity index (χ4n) is 1.82. The summed E-state index contributed by atoms with van der Waals surface area (Å²) in [5.41, 5.74) is 7.91. The SMILES string of the molecule is Cc1ccnc(NCc2ccccc2F)c1C(N)=S. The fourth-order valence-corrected chi connectivity index (χ4v) is 2.08. The molecule has 0 aliphatic heterocycles. The second-order valence-electron chi connectivity index (χ2n) is 4.16. The van der Waals surface area contributed by atoms with Gasteiger partial charge in [-0.1, -0.05) is 30.4 Å². The Balaban J connectivity index is 2.23. The number of hydrogen-bond donors (Lipinski definition) is 2. The van der Waals surface area contributed by atoms with Crippen LogP contribution >= 0.6 is 12.2 Å². The van der Waals surface area contributed by atoms with Gasteiger partial charge in [0.05, 0.1) is 5.56 Å². The number of hydrogen-bond acceptors (Lipinski definition) is 3. The normalized spacial score (nSPS) is 10.2. The van der Waals surface area contributed by atoms with Crippen molar-refractivity contribution in [3.63, 3.8) is 0 Å². The molecule has 0 bridgehead atoms. The van der Waals surface area contributed by atoms with Gasteiger partial charge in [-0.05, 0) is 24.6 Å². The predicted molar refractivity (Wildman–Crippen MR) is 78.6 cm³/mol. The van der Waals surface area contributed by atoms with Gasteiger partial charge < -0.3 is 11.1 Å². The van der Waals surface area contributed by atoms with E-state index in [0.717, 1.165) is 5.56 Å². The zero-order chi connectivity index (χ0) is 13.8. The summed E-state index contributed by atoms with van der Waals surface area (Å²) in [6.07, 6.45) is 1.67. The minimum Gasteiger partial charge on any atom is -0.389 e. The Labute approximate surface area is 116 Å². The molecule has 1 aromatic carbocycles. The zero-order valence-electron chi connectivity index (χ0n) is 10.5. The van der Waals surface area contributed by atoms with Crippen molar-refractivity contribution in [2.24, 2.45) is 5.73 Å². The summed E-state index contributed by atoms with van der Waals surface area (Å²) in [6.45, 7) is 2.24. The lowest BCUT2D eigenvalue weighted by Gasteiger charge is -2.12. The minimum atomic E-state index is -0.250. The molecule has 0 saturated carbocycles. The quantitative estimate of drug-likeness (QED) is 0.842. The molecule has 1 heterocycles. The Bertz CT molecular complexity index is 613. The molecule has 1 aromatic heterocycles. The molecular formula is C14H14FN3S. The van der Waals surface area contributed by atoms with Crippen LogP contribution in [0.2, 0.25) is 0 Å². The van der Waals surface area contributed by atoms with E-state index in [2.05, 4.69) is 10.3 Å². The van der Waals surface area contributed by atoms with Crippen LogP contribution in [-0.2, 0) is 6.54 Å². The Kier molecular flexibility index (Phi) is 4.06. The van der Waals surface area contributed by atoms with Crippen molar-refractivity contribution >= 4 is 23.0 Å². The number of halogens is 1. The summed E-state index contributed by atoms with van der Waals surface area (Å²) in [4.78, 5) is 4.48. The van der Waals surface area contributed by atoms with E-state index >= 15 is 0 Å². The van der Waals surface area contributed by atoms with E-state index < -0.39 is 0 Å². The van der Waals surface area contributed by atoms with Crippen LogP contribution in [0.25, 0.3) is 0 Å². The Hall–Kier alpha value is -2.01. The highest BCUT2D eigenvalue weighted by molar-refractivity contribution is 7.80. The van der Waals surface area contributed by atoms with Gasteiger partial charge in [0, 0.05) is 18.3 Å². The van der Waals surface area contributed by atoms with Gasteiger partial charge in [-0.15, -0.1) is 0 Å². The van der Waals surface area contributed by atoms with Crippen LogP contribution in [0.5, 0.6) is 0 Å². The third-order valence-electron chi connectivity index (χ3n) is 2.81. The molecule has 0 atom stereocenters. The van der Waals surface area contributed by atoms with Gasteiger partial charge in [-0.2, -0.15) is 0 Å². The predicted octanol–water partition coefficient (Wildman–Crippen LogP) is 2.78. The number of aromatic nitrogens is 1. The van der Waals surface area contributed by atoms with Gasteiger partial charge in [0.25, 0.3) is 0 Å². The van der Waals surface area contributed by atoms with Crippen LogP contribution in [0.15, 0.2) is 36.5 Å². The van der Waals surface area contributed by atoms with Gasteiger partial charge in [0.2, 0.25) is 0 Å². The lowest BCUT2D eigenvalue weighted by Crippen LogP contribution is -2.16. The number of nitrogens with zero attached hydrogens (tertiary/aromatic N) is 1. The topological polar surface area (TPSA) is 50.9 Å². The van der Waals surface area contributed by atoms with Crippen LogP contribution in [0.3, 0.4) is 0 Å². The molecule has 2 aromatic rings. The highest BCUT2D eigenvalue weighted by Gasteiger charge is 2.10. The number of pyridine rings is 1. The molecule has 3 N–H and O–H groups in total. The van der Waals surface area contributed by atoms with E-state index in [1.807, 2.05) is 13.0 Å². The molecule has 0 amide bonds. The second-order valence-corrected chi connectivity index (χ2v) is 4.60. The molecule has 0 aliphatic carbocycles. The monoisotopic (exact) mass is 275 g/mol. The van der Waals surface area contributed by atoms with Crippen LogP contribution in [0, 0.1) is 12.7 Å². The van der Waals surface area contributed by atoms with Gasteiger partial charge >= 0.3 is 0 Å². The Morgan fingerprint density at radius 1 is 1.37 bits per heavy atom. The molecule has 19 heavy (non-hydrogen) atoms. The summed E-state index contributed by atoms with van der Waals surface area (Å²) < 4.78 is 13.5. The number of thiocarbonyl (C=S) groups is 1. The first kappa shape index (κ1) is 13.4. The van der Waals surface area contributed by atoms with Crippen molar-refractivity contribution in [2.45, 2.75) is 13.5 Å². The van der Waals surface area contributed by atoms with Gasteiger partial charge in [0.1, 0.15) is 16.6 Å². The fraction of sp³-hybridized carbons (Fsp3) is 0.143. The van der Waals surface area contributed by atoms with E-state index in [0.29, 0.717) is 23.5 Å². The van der Waals surface area contributed by atoms with Crippen molar-refractivity contribution in [1.29, 1.82) is 0 Å². The maximum absolute atomic E-state index is 13.5. The maximum Gasteiger partial charge on any atom is 0.136 e. The van der Waals surface area contributed by atoms with Gasteiger partial charge in [-0.25, -0.2) is 9.37 Å². The van der Waals surface area contributed by atoms with Crippen LogP contribution in [-0.4, -0.2) is 9.97 Å². The molecule has 2 rings (SSSR count). The molecule has 5 heteroatoms. The van der Waals surface area contributed by atoms with Crippen LogP contribution in [0.1, 0.15) is 16.7 Å². The first-order valence-electron chi connectivity index (χ1n) is 5.82. The number of rotatable bonds is 4. The maximum atomic E-state index is 13.5. The Morgan fingerprint density at radius 3 is 2.79 bits per heavy atom. The van der Waals surface area contributed by atoms with E-state index in [1.54, 1.807) is 24.4 Å². The van der Waals surface area contributed by atoms with Crippen LogP contribution in [0.4, 0.5) is 10.2 Å². The largest absolute Gasteiger partial charge is 0.389 e. The average Bonchev–Trinajstić information content (AvgIpc) is 2.37. The van der Waals surface area contributed by atoms with Crippen molar-refractivity contribution in [3.8, 4) is 0 Å².